The number of benzene rings is 1. The predicted molar refractivity (Wildman–Crippen MR) is 70.1 cm³/mol. The lowest BCUT2D eigenvalue weighted by atomic mass is 10.2. The highest BCUT2D eigenvalue weighted by atomic mass is 16.1. The van der Waals surface area contributed by atoms with Gasteiger partial charge < -0.3 is 0 Å². The lowest BCUT2D eigenvalue weighted by molar-refractivity contribution is -0.737. The number of aromatic nitrogens is 2. The molecule has 3 aromatic rings. The van der Waals surface area contributed by atoms with Crippen LogP contribution in [0.2, 0.25) is 0 Å². The second-order valence-electron chi connectivity index (χ2n) is 5.23. The lowest BCUT2D eigenvalue weighted by Crippen LogP contribution is -2.54. The molecule has 18 heavy (non-hydrogen) atoms. The van der Waals surface area contributed by atoms with Crippen LogP contribution in [-0.2, 0) is 0 Å². The van der Waals surface area contributed by atoms with Crippen LogP contribution in [0.1, 0.15) is 31.7 Å². The monoisotopic (exact) mass is 239 g/mol. The van der Waals surface area contributed by atoms with Crippen LogP contribution in [0.25, 0.3) is 16.3 Å². The van der Waals surface area contributed by atoms with E-state index < -0.39 is 0 Å². The molecule has 0 N–H and O–H groups in total. The molecule has 0 amide bonds. The molecular weight excluding hydrogens is 224 g/mol. The Balaban J connectivity index is 2.09. The minimum Gasteiger partial charge on any atom is -0.196 e. The van der Waals surface area contributed by atoms with E-state index in [0.29, 0.717) is 6.04 Å². The highest BCUT2D eigenvalue weighted by Gasteiger charge is 2.25. The summed E-state index contributed by atoms with van der Waals surface area (Å²) in [5, 5.41) is 2.30. The normalized spacial score (nSPS) is 17.1. The summed E-state index contributed by atoms with van der Waals surface area (Å²) in [6, 6.07) is 8.61. The van der Waals surface area contributed by atoms with Crippen LogP contribution in [-0.4, -0.2) is 4.40 Å². The first-order valence-corrected chi connectivity index (χ1v) is 6.62. The Morgan fingerprint density at radius 1 is 1.11 bits per heavy atom. The molecule has 1 fully saturated rings. The standard InChI is InChI=1S/C15H15N2O/c18-15-16-9-8-11-4-3-5-12(14(11)16)10-17(15)13-6-1-2-7-13/h3-5,8-10,13H,1-2,6-7H2/q+1. The zero-order valence-corrected chi connectivity index (χ0v) is 10.2. The zero-order valence-electron chi connectivity index (χ0n) is 10.2. The molecular formula is C15H15N2O+. The van der Waals surface area contributed by atoms with Crippen LogP contribution in [0.5, 0.6) is 0 Å². The van der Waals surface area contributed by atoms with Crippen LogP contribution in [0, 0.1) is 0 Å². The summed E-state index contributed by atoms with van der Waals surface area (Å²) in [6.45, 7) is 0. The molecule has 1 aliphatic carbocycles. The van der Waals surface area contributed by atoms with Gasteiger partial charge in [0, 0.05) is 5.39 Å². The van der Waals surface area contributed by atoms with Crippen LogP contribution in [0.4, 0.5) is 0 Å². The van der Waals surface area contributed by atoms with E-state index in [-0.39, 0.29) is 5.69 Å². The number of hydrogen-bond acceptors (Lipinski definition) is 1. The number of para-hydroxylation sites is 1. The van der Waals surface area contributed by atoms with Crippen LogP contribution in [0.15, 0.2) is 41.5 Å². The van der Waals surface area contributed by atoms with Crippen molar-refractivity contribution >= 4 is 16.3 Å². The molecule has 1 aromatic carbocycles. The Morgan fingerprint density at radius 2 is 1.89 bits per heavy atom. The fourth-order valence-corrected chi connectivity index (χ4v) is 3.26. The van der Waals surface area contributed by atoms with Crippen molar-refractivity contribution in [2.45, 2.75) is 31.7 Å². The van der Waals surface area contributed by atoms with Gasteiger partial charge in [-0.1, -0.05) is 12.1 Å². The molecule has 3 nitrogen and oxygen atoms in total. The Labute approximate surface area is 105 Å². The first-order chi connectivity index (χ1) is 8.84. The second-order valence-corrected chi connectivity index (χ2v) is 5.23. The molecule has 0 saturated heterocycles. The molecule has 2 heterocycles. The molecule has 4 rings (SSSR count). The molecule has 0 atom stereocenters. The highest BCUT2D eigenvalue weighted by Crippen LogP contribution is 2.25. The summed E-state index contributed by atoms with van der Waals surface area (Å²) >= 11 is 0. The van der Waals surface area contributed by atoms with Crippen LogP contribution < -0.4 is 10.3 Å². The molecule has 0 spiro atoms. The van der Waals surface area contributed by atoms with E-state index in [9.17, 15) is 4.79 Å². The Bertz CT molecular complexity index is 769. The SMILES string of the molecule is O=c1n2ccc3cccc(c[n+]1C1CCCC1)c32. The molecule has 0 aliphatic heterocycles. The van der Waals surface area contributed by atoms with Gasteiger partial charge in [-0.05, 0) is 37.8 Å². The quantitative estimate of drug-likeness (QED) is 0.598. The van der Waals surface area contributed by atoms with Crippen molar-refractivity contribution < 1.29 is 4.57 Å². The third-order valence-electron chi connectivity index (χ3n) is 4.17. The first-order valence-electron chi connectivity index (χ1n) is 6.62. The maximum atomic E-state index is 12.5. The third-order valence-corrected chi connectivity index (χ3v) is 4.17. The minimum atomic E-state index is 0.107. The van der Waals surface area contributed by atoms with E-state index in [4.69, 9.17) is 0 Å². The van der Waals surface area contributed by atoms with Gasteiger partial charge in [0.25, 0.3) is 0 Å². The van der Waals surface area contributed by atoms with Crippen molar-refractivity contribution in [2.75, 3.05) is 0 Å². The summed E-state index contributed by atoms with van der Waals surface area (Å²) < 4.78 is 3.73. The lowest BCUT2D eigenvalue weighted by Gasteiger charge is -2.07. The van der Waals surface area contributed by atoms with Gasteiger partial charge in [-0.15, -0.1) is 0 Å². The van der Waals surface area contributed by atoms with E-state index in [2.05, 4.69) is 18.2 Å². The van der Waals surface area contributed by atoms with Crippen LogP contribution >= 0.6 is 0 Å². The van der Waals surface area contributed by atoms with E-state index in [1.807, 2.05) is 23.0 Å². The third kappa shape index (κ3) is 1.24. The molecule has 2 aromatic heterocycles. The van der Waals surface area contributed by atoms with Crippen molar-refractivity contribution in [2.24, 2.45) is 0 Å². The average molecular weight is 239 g/mol. The van der Waals surface area contributed by atoms with Gasteiger partial charge in [0.05, 0.1) is 5.39 Å². The second kappa shape index (κ2) is 3.55. The van der Waals surface area contributed by atoms with E-state index >= 15 is 0 Å². The number of rotatable bonds is 1. The van der Waals surface area contributed by atoms with E-state index in [1.54, 1.807) is 4.40 Å². The van der Waals surface area contributed by atoms with E-state index in [1.165, 1.54) is 12.8 Å². The van der Waals surface area contributed by atoms with Gasteiger partial charge in [0.1, 0.15) is 18.4 Å². The van der Waals surface area contributed by atoms with E-state index in [0.717, 1.165) is 29.1 Å². The molecule has 90 valence electrons. The van der Waals surface area contributed by atoms with Crippen molar-refractivity contribution in [3.05, 3.63) is 47.1 Å². The highest BCUT2D eigenvalue weighted by molar-refractivity contribution is 5.95. The van der Waals surface area contributed by atoms with Crippen molar-refractivity contribution in [3.8, 4) is 0 Å². The maximum Gasteiger partial charge on any atom is 0.503 e. The summed E-state index contributed by atoms with van der Waals surface area (Å²) in [6.07, 6.45) is 8.69. The van der Waals surface area contributed by atoms with Gasteiger partial charge in [0.15, 0.2) is 5.52 Å². The predicted octanol–water partition coefficient (Wildman–Crippen LogP) is 2.29. The fraction of sp³-hybridized carbons (Fsp3) is 0.333. The Hall–Kier alpha value is -1.90. The minimum absolute atomic E-state index is 0.107. The number of hydrogen-bond donors (Lipinski definition) is 0. The molecule has 1 aliphatic rings. The fourth-order valence-electron chi connectivity index (χ4n) is 3.26. The number of nitrogens with zero attached hydrogens (tertiary/aromatic N) is 2. The largest absolute Gasteiger partial charge is 0.503 e. The summed E-state index contributed by atoms with van der Waals surface area (Å²) in [5.74, 6) is 0. The van der Waals surface area contributed by atoms with Crippen molar-refractivity contribution in [3.63, 3.8) is 0 Å². The van der Waals surface area contributed by atoms with Gasteiger partial charge >= 0.3 is 5.69 Å². The Kier molecular flexibility index (Phi) is 1.98. The molecule has 3 heteroatoms. The Morgan fingerprint density at radius 3 is 2.72 bits per heavy atom. The molecule has 0 radical (unpaired) electrons. The molecule has 0 bridgehead atoms. The van der Waals surface area contributed by atoms with Crippen molar-refractivity contribution in [1.29, 1.82) is 0 Å². The summed E-state index contributed by atoms with van der Waals surface area (Å²) in [4.78, 5) is 12.5. The summed E-state index contributed by atoms with van der Waals surface area (Å²) in [5.41, 5.74) is 1.16. The van der Waals surface area contributed by atoms with Crippen molar-refractivity contribution in [1.82, 2.24) is 4.40 Å². The zero-order chi connectivity index (χ0) is 12.1. The topological polar surface area (TPSA) is 25.4 Å². The van der Waals surface area contributed by atoms with Gasteiger partial charge in [-0.25, -0.2) is 0 Å². The summed E-state index contributed by atoms with van der Waals surface area (Å²) in [7, 11) is 0. The van der Waals surface area contributed by atoms with Crippen LogP contribution in [0.3, 0.4) is 0 Å². The smallest absolute Gasteiger partial charge is 0.196 e. The van der Waals surface area contributed by atoms with Gasteiger partial charge in [0.2, 0.25) is 0 Å². The first kappa shape index (κ1) is 10.1. The van der Waals surface area contributed by atoms with Gasteiger partial charge in [-0.2, -0.15) is 13.8 Å². The molecule has 0 unspecified atom stereocenters. The molecule has 1 saturated carbocycles. The average Bonchev–Trinajstić information content (AvgIpc) is 3.04. The van der Waals surface area contributed by atoms with Gasteiger partial charge in [-0.3, -0.25) is 0 Å². The maximum absolute atomic E-state index is 12.5.